The van der Waals surface area contributed by atoms with Crippen LogP contribution in [0.1, 0.15) is 21.5 Å². The number of phenolic OH excluding ortho intramolecular Hbond substituents is 1. The summed E-state index contributed by atoms with van der Waals surface area (Å²) in [4.78, 5) is 37.7. The van der Waals surface area contributed by atoms with Gasteiger partial charge in [-0.2, -0.15) is 5.10 Å². The third-order valence-corrected chi connectivity index (χ3v) is 4.86. The van der Waals surface area contributed by atoms with Gasteiger partial charge in [-0.15, -0.1) is 0 Å². The lowest BCUT2D eigenvalue weighted by molar-refractivity contribution is -0.385. The number of nitro benzene ring substituents is 1. The number of hydrogen-bond acceptors (Lipinski definition) is 7. The first-order chi connectivity index (χ1) is 16.8. The van der Waals surface area contributed by atoms with E-state index in [4.69, 9.17) is 0 Å². The van der Waals surface area contributed by atoms with Gasteiger partial charge in [-0.1, -0.05) is 36.4 Å². The zero-order valence-corrected chi connectivity index (χ0v) is 19.0. The second kappa shape index (κ2) is 11.2. The third kappa shape index (κ3) is 6.51. The minimum atomic E-state index is -0.730. The van der Waals surface area contributed by atoms with Crippen molar-refractivity contribution in [3.05, 3.63) is 105 Å². The molecule has 0 aliphatic carbocycles. The quantitative estimate of drug-likeness (QED) is 0.199. The highest BCUT2D eigenvalue weighted by atomic mass is 16.6. The average molecular weight is 473 g/mol. The van der Waals surface area contributed by atoms with E-state index < -0.39 is 28.2 Å². The van der Waals surface area contributed by atoms with Gasteiger partial charge in [0.1, 0.15) is 5.70 Å². The molecule has 10 nitrogen and oxygen atoms in total. The van der Waals surface area contributed by atoms with Crippen LogP contribution >= 0.6 is 0 Å². The largest absolute Gasteiger partial charge is 0.502 e. The van der Waals surface area contributed by atoms with Gasteiger partial charge < -0.3 is 15.3 Å². The molecule has 0 heterocycles. The number of nitrogens with one attached hydrogen (secondary N) is 2. The van der Waals surface area contributed by atoms with Gasteiger partial charge in [-0.25, -0.2) is 5.43 Å². The van der Waals surface area contributed by atoms with Crippen molar-refractivity contribution in [1.82, 2.24) is 10.7 Å². The van der Waals surface area contributed by atoms with Crippen molar-refractivity contribution in [2.24, 2.45) is 5.10 Å². The number of aromatic hydroxyl groups is 1. The van der Waals surface area contributed by atoms with Gasteiger partial charge in [0.15, 0.2) is 0 Å². The zero-order chi connectivity index (χ0) is 25.4. The Hall–Kier alpha value is -4.99. The molecule has 178 valence electrons. The Morgan fingerprint density at radius 1 is 1.00 bits per heavy atom. The van der Waals surface area contributed by atoms with E-state index in [-0.39, 0.29) is 11.3 Å². The van der Waals surface area contributed by atoms with Gasteiger partial charge >= 0.3 is 5.69 Å². The summed E-state index contributed by atoms with van der Waals surface area (Å²) in [5.74, 6) is -1.80. The number of hydrogen-bond donors (Lipinski definition) is 3. The van der Waals surface area contributed by atoms with Crippen LogP contribution in [-0.4, -0.2) is 42.2 Å². The highest BCUT2D eigenvalue weighted by molar-refractivity contribution is 6.05. The van der Waals surface area contributed by atoms with E-state index in [1.54, 1.807) is 42.5 Å². The molecule has 0 unspecified atom stereocenters. The maximum absolute atomic E-state index is 12.9. The SMILES string of the molecule is CN(C)c1ccc(/C=C(\NC(=O)c2ccccc2)C(=O)N/N=C/c2cccc([N+](=O)[O-])c2O)cc1. The zero-order valence-electron chi connectivity index (χ0n) is 19.0. The highest BCUT2D eigenvalue weighted by Crippen LogP contribution is 2.27. The number of hydrazone groups is 1. The summed E-state index contributed by atoms with van der Waals surface area (Å²) in [6.07, 6.45) is 2.57. The van der Waals surface area contributed by atoms with Crippen molar-refractivity contribution in [2.75, 3.05) is 19.0 Å². The predicted octanol–water partition coefficient (Wildman–Crippen LogP) is 3.29. The van der Waals surface area contributed by atoms with Crippen LogP contribution in [0.2, 0.25) is 0 Å². The standard InChI is InChI=1S/C25H23N5O5/c1-29(2)20-13-11-17(12-14-20)15-21(27-24(32)18-7-4-3-5-8-18)25(33)28-26-16-19-9-6-10-22(23(19)31)30(34)35/h3-16,31H,1-2H3,(H,27,32)(H,28,33)/b21-15-,26-16+. The van der Waals surface area contributed by atoms with Crippen LogP contribution in [0.5, 0.6) is 5.75 Å². The molecule has 0 aromatic heterocycles. The summed E-state index contributed by atoms with van der Waals surface area (Å²) in [7, 11) is 3.81. The smallest absolute Gasteiger partial charge is 0.311 e. The van der Waals surface area contributed by atoms with Crippen LogP contribution < -0.4 is 15.6 Å². The van der Waals surface area contributed by atoms with Crippen LogP contribution in [-0.2, 0) is 4.79 Å². The number of para-hydroxylation sites is 1. The number of carbonyl (C=O) groups excluding carboxylic acids is 2. The Labute approximate surface area is 201 Å². The fraction of sp³-hybridized carbons (Fsp3) is 0.0800. The van der Waals surface area contributed by atoms with Crippen molar-refractivity contribution in [2.45, 2.75) is 0 Å². The molecule has 0 fully saturated rings. The van der Waals surface area contributed by atoms with Crippen molar-refractivity contribution in [3.63, 3.8) is 0 Å². The lowest BCUT2D eigenvalue weighted by Gasteiger charge is -2.12. The fourth-order valence-electron chi connectivity index (χ4n) is 3.00. The van der Waals surface area contributed by atoms with Crippen LogP contribution in [0.4, 0.5) is 11.4 Å². The third-order valence-electron chi connectivity index (χ3n) is 4.86. The van der Waals surface area contributed by atoms with E-state index in [0.29, 0.717) is 11.1 Å². The lowest BCUT2D eigenvalue weighted by Crippen LogP contribution is -2.32. The Morgan fingerprint density at radius 3 is 2.31 bits per heavy atom. The number of anilines is 1. The van der Waals surface area contributed by atoms with Gasteiger partial charge in [0, 0.05) is 37.0 Å². The molecule has 10 heteroatoms. The van der Waals surface area contributed by atoms with Crippen LogP contribution in [0.15, 0.2) is 83.6 Å². The molecule has 3 N–H and O–H groups in total. The minimum Gasteiger partial charge on any atom is -0.502 e. The molecule has 0 saturated carbocycles. The molecule has 0 saturated heterocycles. The second-order valence-electron chi connectivity index (χ2n) is 7.54. The summed E-state index contributed by atoms with van der Waals surface area (Å²) in [6, 6.07) is 19.6. The summed E-state index contributed by atoms with van der Waals surface area (Å²) in [5, 5.41) is 27.4. The molecule has 3 aromatic rings. The normalized spacial score (nSPS) is 11.2. The first-order valence-corrected chi connectivity index (χ1v) is 10.4. The Bertz CT molecular complexity index is 1290. The van der Waals surface area contributed by atoms with Gasteiger partial charge in [0.05, 0.1) is 11.1 Å². The molecule has 35 heavy (non-hydrogen) atoms. The first kappa shape index (κ1) is 24.6. The molecule has 0 aliphatic heterocycles. The van der Waals surface area contributed by atoms with Gasteiger partial charge in [0.25, 0.3) is 11.8 Å². The first-order valence-electron chi connectivity index (χ1n) is 10.4. The van der Waals surface area contributed by atoms with Crippen LogP contribution in [0.3, 0.4) is 0 Å². The number of phenols is 1. The molecule has 0 atom stereocenters. The molecular weight excluding hydrogens is 450 g/mol. The summed E-state index contributed by atoms with van der Waals surface area (Å²) in [6.45, 7) is 0. The van der Waals surface area contributed by atoms with Crippen molar-refractivity contribution >= 4 is 35.5 Å². The molecule has 3 rings (SSSR count). The Balaban J connectivity index is 1.84. The highest BCUT2D eigenvalue weighted by Gasteiger charge is 2.16. The number of carbonyl (C=O) groups is 2. The molecule has 3 aromatic carbocycles. The fourth-order valence-corrected chi connectivity index (χ4v) is 3.00. The van der Waals surface area contributed by atoms with E-state index >= 15 is 0 Å². The number of rotatable bonds is 8. The van der Waals surface area contributed by atoms with Crippen LogP contribution in [0, 0.1) is 10.1 Å². The lowest BCUT2D eigenvalue weighted by atomic mass is 10.1. The number of benzene rings is 3. The summed E-state index contributed by atoms with van der Waals surface area (Å²) in [5.41, 5.74) is 3.73. The molecule has 2 amide bonds. The monoisotopic (exact) mass is 473 g/mol. The second-order valence-corrected chi connectivity index (χ2v) is 7.54. The summed E-state index contributed by atoms with van der Waals surface area (Å²) < 4.78 is 0. The van der Waals surface area contributed by atoms with E-state index in [1.165, 1.54) is 18.2 Å². The van der Waals surface area contributed by atoms with Crippen molar-refractivity contribution in [1.29, 1.82) is 0 Å². The number of nitro groups is 1. The average Bonchev–Trinajstić information content (AvgIpc) is 2.85. The molecule has 0 bridgehead atoms. The number of amides is 2. The minimum absolute atomic E-state index is 0.0395. The summed E-state index contributed by atoms with van der Waals surface area (Å²) >= 11 is 0. The van der Waals surface area contributed by atoms with E-state index in [9.17, 15) is 24.8 Å². The van der Waals surface area contributed by atoms with Gasteiger partial charge in [-0.05, 0) is 42.0 Å². The Morgan fingerprint density at radius 2 is 1.69 bits per heavy atom. The maximum Gasteiger partial charge on any atom is 0.311 e. The van der Waals surface area contributed by atoms with E-state index in [2.05, 4.69) is 15.8 Å². The van der Waals surface area contributed by atoms with E-state index in [0.717, 1.165) is 18.0 Å². The predicted molar refractivity (Wildman–Crippen MR) is 133 cm³/mol. The molecule has 0 aliphatic rings. The van der Waals surface area contributed by atoms with Crippen molar-refractivity contribution in [3.8, 4) is 5.75 Å². The van der Waals surface area contributed by atoms with Gasteiger partial charge in [-0.3, -0.25) is 19.7 Å². The van der Waals surface area contributed by atoms with E-state index in [1.807, 2.05) is 31.1 Å². The van der Waals surface area contributed by atoms with Gasteiger partial charge in [0.2, 0.25) is 5.75 Å². The molecule has 0 spiro atoms. The maximum atomic E-state index is 12.9. The Kier molecular flexibility index (Phi) is 7.91. The van der Waals surface area contributed by atoms with Crippen molar-refractivity contribution < 1.29 is 19.6 Å². The number of nitrogens with zero attached hydrogens (tertiary/aromatic N) is 3. The molecule has 0 radical (unpaired) electrons. The topological polar surface area (TPSA) is 137 Å². The molecular formula is C25H23N5O5. The van der Waals surface area contributed by atoms with Crippen LogP contribution in [0.25, 0.3) is 6.08 Å².